The van der Waals surface area contributed by atoms with E-state index in [0.29, 0.717) is 32.7 Å². The fourth-order valence-electron chi connectivity index (χ4n) is 2.38. The van der Waals surface area contributed by atoms with Crippen molar-refractivity contribution in [1.82, 2.24) is 5.32 Å². The molecule has 2 fully saturated rings. The Morgan fingerprint density at radius 1 is 1.28 bits per heavy atom. The van der Waals surface area contributed by atoms with Crippen molar-refractivity contribution >= 4 is 11.9 Å². The Bertz CT molecular complexity index is 318. The van der Waals surface area contributed by atoms with E-state index in [4.69, 9.17) is 9.47 Å². The summed E-state index contributed by atoms with van der Waals surface area (Å²) >= 11 is 0. The highest BCUT2D eigenvalue weighted by Crippen LogP contribution is 2.30. The number of carbonyl (C=O) groups is 2. The number of nitrogens with one attached hydrogen (secondary N) is 1. The van der Waals surface area contributed by atoms with Crippen LogP contribution in [0.25, 0.3) is 0 Å². The molecule has 1 atom stereocenters. The first kappa shape index (κ1) is 13.3. The van der Waals surface area contributed by atoms with Gasteiger partial charge in [-0.05, 0) is 25.7 Å². The first-order valence-electron chi connectivity index (χ1n) is 6.34. The van der Waals surface area contributed by atoms with Gasteiger partial charge < -0.3 is 19.9 Å². The van der Waals surface area contributed by atoms with Gasteiger partial charge in [-0.2, -0.15) is 0 Å². The van der Waals surface area contributed by atoms with E-state index in [2.05, 4.69) is 5.32 Å². The average molecular weight is 257 g/mol. The zero-order valence-electron chi connectivity index (χ0n) is 10.3. The Morgan fingerprint density at radius 2 is 2.00 bits per heavy atom. The van der Waals surface area contributed by atoms with Gasteiger partial charge in [-0.1, -0.05) is 0 Å². The monoisotopic (exact) mass is 257 g/mol. The third-order valence-corrected chi connectivity index (χ3v) is 3.73. The molecule has 6 heteroatoms. The van der Waals surface area contributed by atoms with Crippen LogP contribution in [0.1, 0.15) is 25.7 Å². The number of aliphatic carboxylic acids is 1. The second kappa shape index (κ2) is 5.67. The number of amides is 1. The number of hydrogen-bond acceptors (Lipinski definition) is 4. The number of hydrogen-bond donors (Lipinski definition) is 2. The molecule has 0 aromatic heterocycles. The van der Waals surface area contributed by atoms with Crippen molar-refractivity contribution in [3.63, 3.8) is 0 Å². The summed E-state index contributed by atoms with van der Waals surface area (Å²) in [4.78, 5) is 23.2. The smallest absolute Gasteiger partial charge is 0.311 e. The van der Waals surface area contributed by atoms with Gasteiger partial charge in [-0.3, -0.25) is 9.59 Å². The van der Waals surface area contributed by atoms with Crippen molar-refractivity contribution < 1.29 is 24.2 Å². The molecule has 102 valence electrons. The minimum absolute atomic E-state index is 0.157. The fraction of sp³-hybridized carbons (Fsp3) is 0.833. The fourth-order valence-corrected chi connectivity index (χ4v) is 2.38. The molecule has 2 heterocycles. The largest absolute Gasteiger partial charge is 0.481 e. The zero-order valence-corrected chi connectivity index (χ0v) is 10.3. The molecule has 2 N–H and O–H groups in total. The van der Waals surface area contributed by atoms with Crippen LogP contribution < -0.4 is 5.32 Å². The van der Waals surface area contributed by atoms with Crippen molar-refractivity contribution in [3.8, 4) is 0 Å². The lowest BCUT2D eigenvalue weighted by atomic mass is 9.80. The normalized spacial score (nSPS) is 26.8. The zero-order chi connectivity index (χ0) is 13.0. The Hall–Kier alpha value is -1.14. The molecule has 0 aromatic rings. The van der Waals surface area contributed by atoms with Gasteiger partial charge in [0.2, 0.25) is 5.91 Å². The van der Waals surface area contributed by atoms with Crippen LogP contribution in [0.15, 0.2) is 0 Å². The van der Waals surface area contributed by atoms with E-state index in [-0.39, 0.29) is 12.5 Å². The summed E-state index contributed by atoms with van der Waals surface area (Å²) in [5.74, 6) is -1.06. The lowest BCUT2D eigenvalue weighted by Crippen LogP contribution is -2.48. The lowest BCUT2D eigenvalue weighted by molar-refractivity contribution is -0.155. The van der Waals surface area contributed by atoms with Crippen molar-refractivity contribution in [2.45, 2.75) is 31.8 Å². The SMILES string of the molecule is O=C(NCC1(C(=O)O)CCOCC1)[C@@H]1CCCO1. The van der Waals surface area contributed by atoms with Gasteiger partial charge in [0.05, 0.1) is 5.41 Å². The van der Waals surface area contributed by atoms with Gasteiger partial charge in [-0.15, -0.1) is 0 Å². The van der Waals surface area contributed by atoms with Crippen LogP contribution in [0.5, 0.6) is 0 Å². The molecule has 0 unspecified atom stereocenters. The number of carboxylic acids is 1. The standard InChI is InChI=1S/C12H19NO5/c14-10(9-2-1-5-18-9)13-8-12(11(15)16)3-6-17-7-4-12/h9H,1-8H2,(H,13,14)(H,15,16)/t9-/m0/s1. The Kier molecular flexibility index (Phi) is 4.19. The molecule has 2 rings (SSSR count). The Labute approximate surface area is 106 Å². The maximum atomic E-state index is 11.8. The first-order valence-corrected chi connectivity index (χ1v) is 6.34. The third-order valence-electron chi connectivity index (χ3n) is 3.73. The topological polar surface area (TPSA) is 84.9 Å². The second-order valence-corrected chi connectivity index (χ2v) is 4.92. The van der Waals surface area contributed by atoms with Crippen molar-refractivity contribution in [2.24, 2.45) is 5.41 Å². The van der Waals surface area contributed by atoms with Crippen molar-refractivity contribution in [1.29, 1.82) is 0 Å². The summed E-state index contributed by atoms with van der Waals surface area (Å²) in [5.41, 5.74) is -0.882. The van der Waals surface area contributed by atoms with E-state index in [9.17, 15) is 14.7 Å². The van der Waals surface area contributed by atoms with E-state index in [1.807, 2.05) is 0 Å². The Balaban J connectivity index is 1.89. The molecule has 0 bridgehead atoms. The predicted molar refractivity (Wildman–Crippen MR) is 62.1 cm³/mol. The van der Waals surface area contributed by atoms with Crippen LogP contribution in [0.4, 0.5) is 0 Å². The molecule has 0 spiro atoms. The quantitative estimate of drug-likeness (QED) is 0.749. The first-order chi connectivity index (χ1) is 8.64. The van der Waals surface area contributed by atoms with Crippen LogP contribution in [-0.4, -0.2) is 49.5 Å². The highest BCUT2D eigenvalue weighted by molar-refractivity contribution is 5.82. The van der Waals surface area contributed by atoms with Gasteiger partial charge >= 0.3 is 5.97 Å². The van der Waals surface area contributed by atoms with Gasteiger partial charge in [0.1, 0.15) is 6.10 Å². The molecule has 2 aliphatic heterocycles. The number of rotatable bonds is 4. The maximum Gasteiger partial charge on any atom is 0.311 e. The summed E-state index contributed by atoms with van der Waals surface area (Å²) in [6.45, 7) is 1.63. The molecule has 18 heavy (non-hydrogen) atoms. The highest BCUT2D eigenvalue weighted by Gasteiger charge is 2.41. The van der Waals surface area contributed by atoms with Crippen LogP contribution in [0.2, 0.25) is 0 Å². The summed E-state index contributed by atoms with van der Waals surface area (Å²) in [5, 5.41) is 12.0. The number of ether oxygens (including phenoxy) is 2. The third kappa shape index (κ3) is 2.81. The second-order valence-electron chi connectivity index (χ2n) is 4.92. The molecule has 0 aliphatic carbocycles. The summed E-state index contributed by atoms with van der Waals surface area (Å²) < 4.78 is 10.4. The van der Waals surface area contributed by atoms with E-state index in [0.717, 1.165) is 12.8 Å². The number of carboxylic acid groups (broad SMARTS) is 1. The molecule has 2 aliphatic rings. The molecule has 0 aromatic carbocycles. The van der Waals surface area contributed by atoms with Crippen LogP contribution >= 0.6 is 0 Å². The Morgan fingerprint density at radius 3 is 2.56 bits per heavy atom. The minimum atomic E-state index is -0.882. The average Bonchev–Trinajstić information content (AvgIpc) is 2.91. The predicted octanol–water partition coefficient (Wildman–Crippen LogP) is 0.163. The van der Waals surface area contributed by atoms with Crippen LogP contribution in [-0.2, 0) is 19.1 Å². The van der Waals surface area contributed by atoms with Gasteiger partial charge in [0, 0.05) is 26.4 Å². The van der Waals surface area contributed by atoms with E-state index in [1.165, 1.54) is 0 Å². The number of carbonyl (C=O) groups excluding carboxylic acids is 1. The van der Waals surface area contributed by atoms with Gasteiger partial charge in [0.25, 0.3) is 0 Å². The van der Waals surface area contributed by atoms with Gasteiger partial charge in [0.15, 0.2) is 0 Å². The molecule has 0 saturated carbocycles. The molecule has 1 amide bonds. The maximum absolute atomic E-state index is 11.8. The van der Waals surface area contributed by atoms with Crippen molar-refractivity contribution in [3.05, 3.63) is 0 Å². The highest BCUT2D eigenvalue weighted by atomic mass is 16.5. The minimum Gasteiger partial charge on any atom is -0.481 e. The van der Waals surface area contributed by atoms with Crippen LogP contribution in [0, 0.1) is 5.41 Å². The molecule has 0 radical (unpaired) electrons. The summed E-state index contributed by atoms with van der Waals surface area (Å²) in [7, 11) is 0. The molecule has 2 saturated heterocycles. The van der Waals surface area contributed by atoms with E-state index in [1.54, 1.807) is 0 Å². The molecular weight excluding hydrogens is 238 g/mol. The van der Waals surface area contributed by atoms with Crippen LogP contribution in [0.3, 0.4) is 0 Å². The molecule has 6 nitrogen and oxygen atoms in total. The molecular formula is C12H19NO5. The van der Waals surface area contributed by atoms with E-state index >= 15 is 0 Å². The van der Waals surface area contributed by atoms with Gasteiger partial charge in [-0.25, -0.2) is 0 Å². The van der Waals surface area contributed by atoms with Crippen molar-refractivity contribution in [2.75, 3.05) is 26.4 Å². The van der Waals surface area contributed by atoms with E-state index < -0.39 is 17.5 Å². The summed E-state index contributed by atoms with van der Waals surface area (Å²) in [6.07, 6.45) is 2.07. The lowest BCUT2D eigenvalue weighted by Gasteiger charge is -2.33. The summed E-state index contributed by atoms with van der Waals surface area (Å²) in [6, 6.07) is 0.